The van der Waals surface area contributed by atoms with Crippen LogP contribution in [0.25, 0.3) is 0 Å². The van der Waals surface area contributed by atoms with Gasteiger partial charge in [-0.1, -0.05) is 170 Å². The van der Waals surface area contributed by atoms with Crippen molar-refractivity contribution in [3.63, 3.8) is 0 Å². The third-order valence-electron chi connectivity index (χ3n) is 19.6. The van der Waals surface area contributed by atoms with Gasteiger partial charge in [0.15, 0.2) is 11.3 Å². The monoisotopic (exact) mass is 1780 g/mol. The van der Waals surface area contributed by atoms with Crippen LogP contribution in [0.4, 0.5) is 0 Å². The summed E-state index contributed by atoms with van der Waals surface area (Å²) in [4.78, 5) is 100. The van der Waals surface area contributed by atoms with Crippen molar-refractivity contribution in [1.82, 2.24) is 0 Å². The van der Waals surface area contributed by atoms with Gasteiger partial charge in [-0.3, -0.25) is 38.4 Å². The number of carbonyl (C=O) groups is 9. The summed E-state index contributed by atoms with van der Waals surface area (Å²) in [5, 5.41) is 60.5. The van der Waals surface area contributed by atoms with Gasteiger partial charge >= 0.3 is 135 Å². The second kappa shape index (κ2) is 86.8. The number of aldehydes is 1. The van der Waals surface area contributed by atoms with Crippen molar-refractivity contribution in [2.24, 2.45) is 73.9 Å². The number of benzene rings is 2. The van der Waals surface area contributed by atoms with Gasteiger partial charge in [-0.25, -0.2) is 0 Å². The Bertz CT molecular complexity index is 3100. The first kappa shape index (κ1) is 140. The van der Waals surface area contributed by atoms with E-state index in [1.165, 1.54) is 48.4 Å². The quantitative estimate of drug-likeness (QED) is 0.0111. The number of halogens is 1. The molecule has 25 nitrogen and oxygen atoms in total. The molecule has 2 aromatic carbocycles. The van der Waals surface area contributed by atoms with Crippen LogP contribution in [0.2, 0.25) is 0 Å². The van der Waals surface area contributed by atoms with Gasteiger partial charge in [-0.05, 0) is 88.7 Å². The van der Waals surface area contributed by atoms with Crippen LogP contribution in [0.15, 0.2) is 102 Å². The number of thiol groups is 1. The molecular weight excluding hydrogens is 1640 g/mol. The number of hydrogen-bond donors (Lipinski definition) is 5. The zero-order valence-electron chi connectivity index (χ0n) is 78.1. The first-order chi connectivity index (χ1) is 54.0. The summed E-state index contributed by atoms with van der Waals surface area (Å²) in [6.07, 6.45) is 21.2. The zero-order chi connectivity index (χ0) is 89.6. The Labute approximate surface area is 793 Å². The topological polar surface area (TPSA) is 406 Å². The average Bonchev–Trinajstić information content (AvgIpc) is 0.803. The van der Waals surface area contributed by atoms with E-state index >= 15 is 0 Å². The fourth-order valence-electron chi connectivity index (χ4n) is 11.7. The third kappa shape index (κ3) is 59.0. The van der Waals surface area contributed by atoms with Gasteiger partial charge in [-0.15, -0.1) is 21.8 Å². The number of rotatable bonds is 21. The van der Waals surface area contributed by atoms with E-state index in [1.54, 1.807) is 23.0 Å². The Morgan fingerprint density at radius 1 is 0.655 bits per heavy atom. The molecule has 11 atom stereocenters. The summed E-state index contributed by atoms with van der Waals surface area (Å²) in [5.74, 6) is -2.75. The van der Waals surface area contributed by atoms with E-state index in [-0.39, 0.29) is 193 Å². The number of nitrogens with zero attached hydrogens (tertiary/aromatic N) is 3. The van der Waals surface area contributed by atoms with Crippen LogP contribution >= 0.6 is 21.8 Å². The van der Waals surface area contributed by atoms with Gasteiger partial charge in [0.1, 0.15) is 26.1 Å². The van der Waals surface area contributed by atoms with Crippen LogP contribution < -0.4 is 89.4 Å². The minimum absolute atomic E-state index is 0. The summed E-state index contributed by atoms with van der Waals surface area (Å²) in [6.45, 7) is 34.4. The van der Waals surface area contributed by atoms with Gasteiger partial charge in [0, 0.05) is 88.0 Å². The van der Waals surface area contributed by atoms with E-state index < -0.39 is 52.0 Å². The zero-order valence-corrected chi connectivity index (χ0v) is 82.7. The number of methoxy groups -OCH3 is 4. The maximum absolute atomic E-state index is 11.7. The Kier molecular flexibility index (Phi) is 102. The number of hydrogen-bond acceptors (Lipinski definition) is 26. The minimum Gasteiger partial charge on any atom is -0.184 e. The largest absolute Gasteiger partial charge is 1.00 e. The fraction of sp³-hybridized carbons (Fsp3) is 0.647. The Balaban J connectivity index is -0.0000000871. The van der Waals surface area contributed by atoms with Crippen LogP contribution in [-0.4, -0.2) is 192 Å². The van der Waals surface area contributed by atoms with Crippen LogP contribution in [0.3, 0.4) is 0 Å². The number of aliphatic hydroxyl groups excluding tert-OH is 3. The summed E-state index contributed by atoms with van der Waals surface area (Å²) in [5.41, 5.74) is -2.49. The van der Waals surface area contributed by atoms with E-state index in [9.17, 15) is 43.2 Å². The smallest absolute Gasteiger partial charge is 0.184 e. The number of nitriles is 3. The van der Waals surface area contributed by atoms with Crippen LogP contribution in [0, 0.1) is 118 Å². The molecule has 2 aromatic rings. The maximum atomic E-state index is 11.7. The van der Waals surface area contributed by atoms with Gasteiger partial charge in [0.25, 0.3) is 0 Å². The summed E-state index contributed by atoms with van der Waals surface area (Å²) < 4.78 is 49.7. The molecule has 4 aliphatic rings. The van der Waals surface area contributed by atoms with Crippen molar-refractivity contribution >= 4 is 109 Å². The van der Waals surface area contributed by atoms with Crippen LogP contribution in [0.5, 0.6) is 0 Å². The Morgan fingerprint density at radius 2 is 0.983 bits per heavy atom. The van der Waals surface area contributed by atoms with E-state index in [0.29, 0.717) is 79.4 Å². The fourth-order valence-corrected chi connectivity index (χ4v) is 11.9. The van der Waals surface area contributed by atoms with Gasteiger partial charge in [-0.2, -0.15) is 59.3 Å². The van der Waals surface area contributed by atoms with Crippen molar-refractivity contribution < 1.29 is 187 Å². The molecule has 655 valence electrons. The van der Waals surface area contributed by atoms with Crippen molar-refractivity contribution in [1.29, 1.82) is 21.4 Å². The van der Waals surface area contributed by atoms with Crippen molar-refractivity contribution in [2.45, 2.75) is 199 Å². The molecule has 7 radical (unpaired) electrons. The van der Waals surface area contributed by atoms with Gasteiger partial charge in [0.2, 0.25) is 0 Å². The molecule has 34 heteroatoms. The van der Waals surface area contributed by atoms with E-state index in [2.05, 4.69) is 83.6 Å². The maximum Gasteiger partial charge on any atom is 1.00 e. The second-order valence-electron chi connectivity index (χ2n) is 27.5. The van der Waals surface area contributed by atoms with Crippen molar-refractivity contribution in [3.05, 3.63) is 103 Å². The molecule has 119 heavy (non-hydrogen) atoms. The van der Waals surface area contributed by atoms with E-state index in [1.807, 2.05) is 160 Å². The summed E-state index contributed by atoms with van der Waals surface area (Å²) in [7, 11) is 5.95. The van der Waals surface area contributed by atoms with Crippen molar-refractivity contribution in [3.8, 4) is 18.2 Å². The van der Waals surface area contributed by atoms with E-state index in [0.717, 1.165) is 56.8 Å². The molecule has 0 amide bonds. The van der Waals surface area contributed by atoms with E-state index in [4.69, 9.17) is 60.8 Å². The molecule has 6 rings (SSSR count). The molecule has 0 bridgehead atoms. The minimum atomic E-state index is -1.41. The molecule has 4 fully saturated rings. The number of aliphatic hydroxyl groups is 3. The summed E-state index contributed by atoms with van der Waals surface area (Å²) >= 11 is 5.75. The van der Waals surface area contributed by atoms with Crippen LogP contribution in [-0.2, 0) is 81.0 Å². The molecule has 4 N–H and O–H groups in total. The molecule has 0 aliphatic carbocycles. The number of cyclic esters (lactones) is 4. The molecular formula is C85H138AlB2BrLi2N4NaO21PS-. The normalized spacial score (nSPS) is 20.5. The standard InChI is InChI=1S/C11H17NO4.2C11H18O2.C9H17NO2.C9H16O3.C9H14O3.C6H10O4.C6H6S.C6H5.C5H7N.CH3O.CH5P.Al.2B.BrH.2Li.HN.Na.H/c1-5-8(6-7-12)11(2,9(13)15-3)10(14)16-4;2*1-4-6-11(3)8-13-10(12)7-9(11)5-2;1-3-8(4-5-10)9(2,6-11)7-12;2*1-3-7-4-8(11)12-6-9(7,2)5-10;1-4(5(7)9-2)6(8)10-3;7-6-4-2-1-3-5-6;1-2-4-6-5-3-1;1-2-3-4-5-6;2*1-2;;;;;;;;;/h8H,5-6H2,1-4H3;2*4,6,9H,5,7-8H2,1-3H3;8,11-12H,3-4,6-7H2,1-2H3;7,10H,3-6H2,1-2H3;5,7H,3-4,6H2,1-2H3;4H,1-3H3;1-5,7H;1-5H;3-4H,2H2,1H3;1H3;2H2,1H3;;;;1H;;;1H;;/q;;;;;;;;-1;;-1;;;;;;2*+1;;+1;-1/p-1/b;6-4+;6-4-;;;;;;;4-3+;;;;;;;;;;;/i;;;;;;;;;;;2D;;;;;;;;;. The van der Waals surface area contributed by atoms with Crippen molar-refractivity contribution in [2.75, 3.05) is 88.5 Å². The van der Waals surface area contributed by atoms with Gasteiger partial charge < -0.3 is 81.5 Å². The summed E-state index contributed by atoms with van der Waals surface area (Å²) in [6, 6.07) is 28.2. The molecule has 4 saturated heterocycles. The second-order valence-corrected chi connectivity index (χ2v) is 28.1. The third-order valence-corrected chi connectivity index (χ3v) is 19.9. The van der Waals surface area contributed by atoms with Gasteiger partial charge in [0.05, 0.1) is 79.8 Å². The predicted octanol–water partition coefficient (Wildman–Crippen LogP) is 1.06. The molecule has 11 unspecified atom stereocenters. The number of allylic oxidation sites excluding steroid dienone is 4. The molecule has 4 aliphatic heterocycles. The first-order valence-corrected chi connectivity index (χ1v) is 39.7. The average molecular weight is 1780 g/mol. The molecule has 0 spiro atoms. The number of nitrogens with one attached hydrogen (secondary N) is 1. The number of ether oxygens (including phenoxy) is 8. The molecule has 0 saturated carbocycles. The Hall–Kier alpha value is -4.68. The van der Waals surface area contributed by atoms with Crippen LogP contribution in [0.1, 0.15) is 196 Å². The SMILES string of the molecule is C/C=C/C1(C)COC(=O)CC1CC.C/C=C\C1(C)COC(=O)CC1CC.CC/C=C/C#N.CCC(CC#N)C(C)(C(=O)OC)C(=O)OC.CCC(CC#N)C(C)(CO)CO.CCC1CC(=O)OCC1(C)C=O.CCC1CC(=O)OCC1(C)CO.COC(=O)C(C)C(=O)OC.C[O-].Sc1ccccc1.[2H]PC.[B].[B].[Br-].[H-].[Li+].[Li+].[NH]=[Al].[Na+].[c-]1ccccc1. The number of carbonyl (C=O) groups excluding carboxylic acids is 9. The molecule has 0 aromatic heterocycles. The molecule has 4 heterocycles. The Morgan fingerprint density at radius 3 is 1.22 bits per heavy atom. The first-order valence-electron chi connectivity index (χ1n) is 38.2. The number of esters is 8. The predicted molar refractivity (Wildman–Crippen MR) is 455 cm³/mol.